The van der Waals surface area contributed by atoms with Crippen molar-refractivity contribution < 1.29 is 23.2 Å². The van der Waals surface area contributed by atoms with Gasteiger partial charge in [-0.05, 0) is 119 Å². The Morgan fingerprint density at radius 2 is 0.985 bits per heavy atom. The summed E-state index contributed by atoms with van der Waals surface area (Å²) < 4.78 is 26.8. The molecule has 2 aromatic heterocycles. The molecule has 66 heavy (non-hydrogen) atoms. The van der Waals surface area contributed by atoms with Crippen molar-refractivity contribution >= 4 is 33.5 Å². The molecule has 3 saturated heterocycles. The van der Waals surface area contributed by atoms with Gasteiger partial charge in [-0.15, -0.1) is 0 Å². The van der Waals surface area contributed by atoms with Crippen LogP contribution in [0.3, 0.4) is 0 Å². The molecule has 0 unspecified atom stereocenters. The standard InChI is InChI=1S/C32H34FN5O2.C17H17BrFN3O.C3H6/c33-29-8-5-26(6-9-29)23-37-15-17-38(18-16-37)32(40)28-7-10-30(35-21-28)19-31(39)27-11-13-36(14-12-27)22-25-3-1-24(20-34)2-4-25;18-16-6-3-14(11-20-16)17(23)22-9-7-21(8-10-22)12-13-1-4-15(19)5-2-13;1-2-3-1/h1-10,21,27H,11-19,22-23H2;1-6,11H,7-10,12H2;1-3H2. The number of ketones is 1. The first kappa shape index (κ1) is 48.2. The van der Waals surface area contributed by atoms with Gasteiger partial charge in [-0.2, -0.15) is 5.26 Å². The van der Waals surface area contributed by atoms with Crippen molar-refractivity contribution in [3.8, 4) is 6.07 Å². The number of rotatable bonds is 11. The number of hydrogen-bond acceptors (Lipinski definition) is 9. The maximum Gasteiger partial charge on any atom is 0.255 e. The molecule has 1 saturated carbocycles. The maximum atomic E-state index is 13.1. The molecule has 344 valence electrons. The van der Waals surface area contributed by atoms with Crippen molar-refractivity contribution in [2.24, 2.45) is 5.92 Å². The molecule has 0 atom stereocenters. The molecule has 4 fully saturated rings. The number of benzene rings is 3. The minimum absolute atomic E-state index is 0.0198. The maximum absolute atomic E-state index is 13.1. The SMILES string of the molecule is C1CC1.N#Cc1ccc(CN2CCC(C(=O)Cc3ccc(C(=O)N4CCN(Cc5ccc(F)cc5)CC4)cn3)CC2)cc1.O=C(c1ccc(Br)nc1)N1CCN(Cc2ccc(F)cc2)CC1. The predicted molar refractivity (Wildman–Crippen MR) is 253 cm³/mol. The van der Waals surface area contributed by atoms with E-state index in [-0.39, 0.29) is 41.6 Å². The van der Waals surface area contributed by atoms with Crippen LogP contribution < -0.4 is 0 Å². The second-order valence-electron chi connectivity index (χ2n) is 17.4. The van der Waals surface area contributed by atoms with Crippen molar-refractivity contribution in [3.63, 3.8) is 0 Å². The minimum atomic E-state index is -0.235. The Morgan fingerprint density at radius 1 is 0.561 bits per heavy atom. The van der Waals surface area contributed by atoms with Crippen LogP contribution >= 0.6 is 15.9 Å². The summed E-state index contributed by atoms with van der Waals surface area (Å²) in [6.45, 7) is 9.87. The van der Waals surface area contributed by atoms with Gasteiger partial charge in [0, 0.05) is 102 Å². The molecule has 0 N–H and O–H groups in total. The van der Waals surface area contributed by atoms with E-state index in [9.17, 15) is 23.2 Å². The Hall–Kier alpha value is -5.72. The van der Waals surface area contributed by atoms with E-state index in [0.29, 0.717) is 48.6 Å². The van der Waals surface area contributed by atoms with E-state index in [1.807, 2.05) is 34.1 Å². The number of piperazine rings is 2. The van der Waals surface area contributed by atoms with Crippen LogP contribution in [0.5, 0.6) is 0 Å². The molecular formula is C52H57BrF2N8O3. The van der Waals surface area contributed by atoms with Crippen LogP contribution in [-0.2, 0) is 30.8 Å². The van der Waals surface area contributed by atoms with Crippen LogP contribution in [0.25, 0.3) is 0 Å². The highest BCUT2D eigenvalue weighted by Crippen LogP contribution is 2.22. The highest BCUT2D eigenvalue weighted by Gasteiger charge is 2.27. The Labute approximate surface area is 395 Å². The molecule has 4 aliphatic rings. The lowest BCUT2D eigenvalue weighted by Gasteiger charge is -2.34. The number of likely N-dealkylation sites (tertiary alicyclic amines) is 1. The number of nitriles is 1. The fourth-order valence-corrected chi connectivity index (χ4v) is 8.35. The molecule has 3 aromatic carbocycles. The zero-order valence-corrected chi connectivity index (χ0v) is 38.9. The van der Waals surface area contributed by atoms with Crippen molar-refractivity contribution in [1.82, 2.24) is 34.5 Å². The summed E-state index contributed by atoms with van der Waals surface area (Å²) in [4.78, 5) is 57.5. The number of pyridine rings is 2. The minimum Gasteiger partial charge on any atom is -0.336 e. The second kappa shape index (κ2) is 24.2. The average Bonchev–Trinajstić information content (AvgIpc) is 4.25. The lowest BCUT2D eigenvalue weighted by atomic mass is 9.90. The molecule has 9 rings (SSSR count). The summed E-state index contributed by atoms with van der Waals surface area (Å²) in [5, 5.41) is 8.96. The van der Waals surface area contributed by atoms with Crippen molar-refractivity contribution in [1.29, 1.82) is 5.26 Å². The molecule has 5 heterocycles. The number of piperidine rings is 1. The van der Waals surface area contributed by atoms with Gasteiger partial charge in [-0.25, -0.2) is 13.8 Å². The number of Topliss-reactive ketones (excluding diaryl/α,β-unsaturated/α-hetero) is 1. The van der Waals surface area contributed by atoms with Gasteiger partial charge in [0.25, 0.3) is 11.8 Å². The number of nitrogens with zero attached hydrogens (tertiary/aromatic N) is 8. The summed E-state index contributed by atoms with van der Waals surface area (Å²) >= 11 is 3.27. The van der Waals surface area contributed by atoms with Crippen molar-refractivity contribution in [2.75, 3.05) is 65.4 Å². The summed E-state index contributed by atoms with van der Waals surface area (Å²) in [6, 6.07) is 30.1. The monoisotopic (exact) mass is 958 g/mol. The fraction of sp³-hybridized carbons (Fsp3) is 0.385. The van der Waals surface area contributed by atoms with Gasteiger partial charge in [0.1, 0.15) is 22.0 Å². The number of amides is 2. The Kier molecular flexibility index (Phi) is 17.7. The van der Waals surface area contributed by atoms with E-state index in [2.05, 4.69) is 46.7 Å². The Morgan fingerprint density at radius 3 is 1.38 bits per heavy atom. The first-order chi connectivity index (χ1) is 32.1. The van der Waals surface area contributed by atoms with E-state index in [4.69, 9.17) is 5.26 Å². The zero-order chi connectivity index (χ0) is 46.3. The van der Waals surface area contributed by atoms with Gasteiger partial charge >= 0.3 is 0 Å². The molecule has 5 aromatic rings. The molecule has 1 aliphatic carbocycles. The highest BCUT2D eigenvalue weighted by molar-refractivity contribution is 9.10. The largest absolute Gasteiger partial charge is 0.336 e. The molecular weight excluding hydrogens is 903 g/mol. The third-order valence-electron chi connectivity index (χ3n) is 12.2. The van der Waals surface area contributed by atoms with Crippen LogP contribution in [0, 0.1) is 28.9 Å². The topological polar surface area (TPSA) is 117 Å². The molecule has 0 bridgehead atoms. The summed E-state index contributed by atoms with van der Waals surface area (Å²) in [5.41, 5.74) is 5.84. The van der Waals surface area contributed by atoms with E-state index in [1.54, 1.807) is 60.9 Å². The molecule has 11 nitrogen and oxygen atoms in total. The van der Waals surface area contributed by atoms with Crippen LogP contribution in [0.2, 0.25) is 0 Å². The molecule has 0 radical (unpaired) electrons. The quantitative estimate of drug-likeness (QED) is 0.121. The molecule has 3 aliphatic heterocycles. The lowest BCUT2D eigenvalue weighted by Crippen LogP contribution is -2.48. The number of carbonyl (C=O) groups is 3. The van der Waals surface area contributed by atoms with E-state index < -0.39 is 0 Å². The first-order valence-electron chi connectivity index (χ1n) is 22.9. The summed E-state index contributed by atoms with van der Waals surface area (Å²) in [6.07, 6.45) is 9.64. The van der Waals surface area contributed by atoms with Crippen LogP contribution in [0.15, 0.2) is 114 Å². The number of hydrogen-bond donors (Lipinski definition) is 0. The second-order valence-corrected chi connectivity index (χ2v) is 18.2. The third-order valence-corrected chi connectivity index (χ3v) is 12.7. The van der Waals surface area contributed by atoms with Crippen LogP contribution in [-0.4, -0.2) is 118 Å². The van der Waals surface area contributed by atoms with Crippen molar-refractivity contribution in [2.45, 2.75) is 58.2 Å². The molecule has 0 spiro atoms. The van der Waals surface area contributed by atoms with Gasteiger partial charge in [-0.1, -0.05) is 55.7 Å². The number of halogens is 3. The third kappa shape index (κ3) is 14.9. The average molecular weight is 960 g/mol. The smallest absolute Gasteiger partial charge is 0.255 e. The van der Waals surface area contributed by atoms with E-state index in [0.717, 1.165) is 87.5 Å². The van der Waals surface area contributed by atoms with E-state index in [1.165, 1.54) is 49.1 Å². The fourth-order valence-electron chi connectivity index (χ4n) is 8.12. The van der Waals surface area contributed by atoms with Crippen LogP contribution in [0.1, 0.15) is 80.8 Å². The van der Waals surface area contributed by atoms with Gasteiger partial charge in [-0.3, -0.25) is 34.1 Å². The Bertz CT molecular complexity index is 2370. The molecule has 14 heteroatoms. The van der Waals surface area contributed by atoms with Crippen molar-refractivity contribution in [3.05, 3.63) is 165 Å². The molecule has 2 amide bonds. The van der Waals surface area contributed by atoms with Gasteiger partial charge in [0.15, 0.2) is 0 Å². The van der Waals surface area contributed by atoms with Gasteiger partial charge in [0.2, 0.25) is 0 Å². The normalized spacial score (nSPS) is 16.8. The predicted octanol–water partition coefficient (Wildman–Crippen LogP) is 8.19. The zero-order valence-electron chi connectivity index (χ0n) is 37.3. The highest BCUT2D eigenvalue weighted by atomic mass is 79.9. The van der Waals surface area contributed by atoms with Gasteiger partial charge in [0.05, 0.1) is 22.8 Å². The number of aromatic nitrogens is 2. The lowest BCUT2D eigenvalue weighted by molar-refractivity contribution is -0.123. The Balaban J connectivity index is 0.000000209. The number of carbonyl (C=O) groups excluding carboxylic acids is 3. The van der Waals surface area contributed by atoms with Gasteiger partial charge < -0.3 is 9.80 Å². The summed E-state index contributed by atoms with van der Waals surface area (Å²) in [5.74, 6) is -0.227. The van der Waals surface area contributed by atoms with Crippen LogP contribution in [0.4, 0.5) is 8.78 Å². The summed E-state index contributed by atoms with van der Waals surface area (Å²) in [7, 11) is 0. The van der Waals surface area contributed by atoms with E-state index >= 15 is 0 Å². The first-order valence-corrected chi connectivity index (χ1v) is 23.7.